The van der Waals surface area contributed by atoms with Crippen LogP contribution in [0.15, 0.2) is 84.9 Å². The molecule has 2 saturated heterocycles. The molecule has 0 bridgehead atoms. The normalized spacial score (nSPS) is 21.7. The summed E-state index contributed by atoms with van der Waals surface area (Å²) in [5.74, 6) is -1.18. The van der Waals surface area contributed by atoms with Gasteiger partial charge in [0.1, 0.15) is 5.92 Å². The van der Waals surface area contributed by atoms with Crippen molar-refractivity contribution in [3.63, 3.8) is 0 Å². The summed E-state index contributed by atoms with van der Waals surface area (Å²) < 4.78 is 0. The maximum Gasteiger partial charge on any atom is 0.266 e. The number of carbonyl (C=O) groups excluding carboxylic acids is 2. The van der Waals surface area contributed by atoms with Crippen molar-refractivity contribution in [1.82, 2.24) is 0 Å². The second-order valence-corrected chi connectivity index (χ2v) is 9.49. The van der Waals surface area contributed by atoms with Crippen molar-refractivity contribution in [2.45, 2.75) is 32.9 Å². The third-order valence-electron chi connectivity index (χ3n) is 7.13. The number of hydroxylamine groups is 1. The number of amides is 2. The Labute approximate surface area is 204 Å². The van der Waals surface area contributed by atoms with E-state index in [1.165, 1.54) is 4.90 Å². The van der Waals surface area contributed by atoms with E-state index in [1.54, 1.807) is 5.06 Å². The molecular formula is C30H26N2O3. The van der Waals surface area contributed by atoms with E-state index in [2.05, 4.69) is 18.2 Å². The summed E-state index contributed by atoms with van der Waals surface area (Å²) in [5, 5.41) is 3.89. The van der Waals surface area contributed by atoms with Crippen LogP contribution in [0.5, 0.6) is 0 Å². The molecule has 3 atom stereocenters. The molecule has 5 heteroatoms. The average molecular weight is 463 g/mol. The molecule has 6 rings (SSSR count). The van der Waals surface area contributed by atoms with E-state index >= 15 is 0 Å². The van der Waals surface area contributed by atoms with Crippen LogP contribution in [0.4, 0.5) is 11.4 Å². The Bertz CT molecular complexity index is 1450. The van der Waals surface area contributed by atoms with Gasteiger partial charge < -0.3 is 0 Å². The molecule has 2 aliphatic heterocycles. The number of nitrogens with zero attached hydrogens (tertiary/aromatic N) is 2. The average Bonchev–Trinajstić information content (AvgIpc) is 3.35. The zero-order valence-corrected chi connectivity index (χ0v) is 19.9. The largest absolute Gasteiger partial charge is 0.273 e. The van der Waals surface area contributed by atoms with E-state index in [-0.39, 0.29) is 11.8 Å². The van der Waals surface area contributed by atoms with Crippen molar-refractivity contribution < 1.29 is 14.4 Å². The monoisotopic (exact) mass is 462 g/mol. The van der Waals surface area contributed by atoms with Crippen LogP contribution in [0.2, 0.25) is 0 Å². The van der Waals surface area contributed by atoms with Gasteiger partial charge >= 0.3 is 0 Å². The van der Waals surface area contributed by atoms with E-state index in [0.29, 0.717) is 5.69 Å². The Hall–Kier alpha value is -3.96. The van der Waals surface area contributed by atoms with Crippen molar-refractivity contribution in [2.24, 2.45) is 5.92 Å². The number of benzene rings is 4. The van der Waals surface area contributed by atoms with Crippen LogP contribution in [-0.4, -0.2) is 17.9 Å². The van der Waals surface area contributed by atoms with E-state index in [1.807, 2.05) is 87.5 Å². The van der Waals surface area contributed by atoms with Crippen LogP contribution in [0.1, 0.15) is 28.3 Å². The van der Waals surface area contributed by atoms with Crippen LogP contribution in [0.3, 0.4) is 0 Å². The standard InChI is InChI=1S/C30H26N2O3/c1-18-16-19(2)26(20(3)17-18)31-29(33)25-27(24-15-9-11-21-10-7-8-14-23(21)24)32(35-28(25)30(31)34)22-12-5-4-6-13-22/h4-17,25,27-28H,1-3H3/t25-,27-,28+/m1/s1. The molecule has 2 fully saturated rings. The summed E-state index contributed by atoms with van der Waals surface area (Å²) in [6.07, 6.45) is -0.883. The molecule has 2 heterocycles. The molecule has 0 N–H and O–H groups in total. The zero-order valence-electron chi connectivity index (χ0n) is 19.9. The second kappa shape index (κ2) is 8.07. The number of para-hydroxylation sites is 1. The molecular weight excluding hydrogens is 436 g/mol. The second-order valence-electron chi connectivity index (χ2n) is 9.49. The predicted octanol–water partition coefficient (Wildman–Crippen LogP) is 5.82. The summed E-state index contributed by atoms with van der Waals surface area (Å²) in [6, 6.07) is 27.5. The van der Waals surface area contributed by atoms with Gasteiger partial charge in [0.15, 0.2) is 6.10 Å². The lowest BCUT2D eigenvalue weighted by Gasteiger charge is -2.30. The van der Waals surface area contributed by atoms with Crippen molar-refractivity contribution in [3.05, 3.63) is 107 Å². The van der Waals surface area contributed by atoms with Crippen LogP contribution in [-0.2, 0) is 14.4 Å². The Balaban J connectivity index is 1.52. The minimum Gasteiger partial charge on any atom is -0.273 e. The van der Waals surface area contributed by atoms with Gasteiger partial charge in [0.05, 0.1) is 17.4 Å². The highest BCUT2D eigenvalue weighted by Gasteiger charge is 2.60. The highest BCUT2D eigenvalue weighted by Crippen LogP contribution is 2.49. The highest BCUT2D eigenvalue weighted by molar-refractivity contribution is 6.24. The quantitative estimate of drug-likeness (QED) is 0.360. The summed E-state index contributed by atoms with van der Waals surface area (Å²) in [4.78, 5) is 35.5. The first-order valence-electron chi connectivity index (χ1n) is 11.9. The lowest BCUT2D eigenvalue weighted by Crippen LogP contribution is -2.38. The van der Waals surface area contributed by atoms with E-state index < -0.39 is 18.1 Å². The van der Waals surface area contributed by atoms with Crippen molar-refractivity contribution in [1.29, 1.82) is 0 Å². The number of aryl methyl sites for hydroxylation is 3. The lowest BCUT2D eigenvalue weighted by atomic mass is 9.87. The Morgan fingerprint density at radius 1 is 0.743 bits per heavy atom. The van der Waals surface area contributed by atoms with Gasteiger partial charge in [-0.3, -0.25) is 14.4 Å². The molecule has 4 aromatic carbocycles. The molecule has 2 aliphatic rings. The fourth-order valence-corrected chi connectivity index (χ4v) is 5.78. The fourth-order valence-electron chi connectivity index (χ4n) is 5.78. The smallest absolute Gasteiger partial charge is 0.266 e. The number of rotatable bonds is 3. The van der Waals surface area contributed by atoms with Gasteiger partial charge in [0.2, 0.25) is 5.91 Å². The number of carbonyl (C=O) groups is 2. The first kappa shape index (κ1) is 21.6. The Morgan fingerprint density at radius 2 is 1.40 bits per heavy atom. The highest BCUT2D eigenvalue weighted by atomic mass is 16.7. The third-order valence-corrected chi connectivity index (χ3v) is 7.13. The van der Waals surface area contributed by atoms with E-state index in [9.17, 15) is 9.59 Å². The molecule has 4 aromatic rings. The number of anilines is 2. The first-order chi connectivity index (χ1) is 17.0. The number of imide groups is 1. The molecule has 0 unspecified atom stereocenters. The van der Waals surface area contributed by atoms with Crippen LogP contribution in [0.25, 0.3) is 10.8 Å². The molecule has 0 aliphatic carbocycles. The molecule has 2 amide bonds. The molecule has 0 saturated carbocycles. The lowest BCUT2D eigenvalue weighted by molar-refractivity contribution is -0.126. The van der Waals surface area contributed by atoms with Crippen molar-refractivity contribution in [3.8, 4) is 0 Å². The van der Waals surface area contributed by atoms with Gasteiger partial charge in [0.25, 0.3) is 5.91 Å². The predicted molar refractivity (Wildman–Crippen MR) is 137 cm³/mol. The van der Waals surface area contributed by atoms with Gasteiger partial charge in [-0.1, -0.05) is 78.4 Å². The molecule has 0 radical (unpaired) electrons. The fraction of sp³-hybridized carbons (Fsp3) is 0.200. The third kappa shape index (κ3) is 3.27. The minimum absolute atomic E-state index is 0.216. The van der Waals surface area contributed by atoms with Gasteiger partial charge in [-0.25, -0.2) is 9.96 Å². The van der Waals surface area contributed by atoms with Gasteiger partial charge in [-0.15, -0.1) is 0 Å². The summed E-state index contributed by atoms with van der Waals surface area (Å²) in [7, 11) is 0. The summed E-state index contributed by atoms with van der Waals surface area (Å²) in [5.41, 5.74) is 5.38. The molecule has 0 aromatic heterocycles. The van der Waals surface area contributed by atoms with Crippen LogP contribution in [0, 0.1) is 26.7 Å². The van der Waals surface area contributed by atoms with E-state index in [0.717, 1.165) is 38.7 Å². The van der Waals surface area contributed by atoms with Gasteiger partial charge in [-0.05, 0) is 60.4 Å². The zero-order chi connectivity index (χ0) is 24.3. The first-order valence-corrected chi connectivity index (χ1v) is 11.9. The Morgan fingerprint density at radius 3 is 2.14 bits per heavy atom. The molecule has 35 heavy (non-hydrogen) atoms. The molecule has 0 spiro atoms. The van der Waals surface area contributed by atoms with Gasteiger partial charge in [-0.2, -0.15) is 0 Å². The molecule has 5 nitrogen and oxygen atoms in total. The van der Waals surface area contributed by atoms with Crippen LogP contribution >= 0.6 is 0 Å². The number of fused-ring (bicyclic) bond motifs is 2. The van der Waals surface area contributed by atoms with Crippen molar-refractivity contribution in [2.75, 3.05) is 9.96 Å². The Kier molecular flexibility index (Phi) is 4.97. The number of hydrogen-bond acceptors (Lipinski definition) is 4. The SMILES string of the molecule is Cc1cc(C)c(N2C(=O)[C@H]3[C@H](ON(c4ccccc4)[C@@H]3c3cccc4ccccc34)C2=O)c(C)c1. The van der Waals surface area contributed by atoms with Crippen molar-refractivity contribution >= 4 is 34.0 Å². The maximum absolute atomic E-state index is 14.1. The summed E-state index contributed by atoms with van der Waals surface area (Å²) >= 11 is 0. The van der Waals surface area contributed by atoms with Gasteiger partial charge in [0, 0.05) is 0 Å². The van der Waals surface area contributed by atoms with Crippen LogP contribution < -0.4 is 9.96 Å². The topological polar surface area (TPSA) is 49.9 Å². The minimum atomic E-state index is -0.883. The number of hydrogen-bond donors (Lipinski definition) is 0. The van der Waals surface area contributed by atoms with E-state index in [4.69, 9.17) is 4.84 Å². The maximum atomic E-state index is 14.1. The summed E-state index contributed by atoms with van der Waals surface area (Å²) in [6.45, 7) is 5.91. The molecule has 174 valence electrons.